The predicted octanol–water partition coefficient (Wildman–Crippen LogP) is 4.73. The van der Waals surface area contributed by atoms with Gasteiger partial charge in [0.15, 0.2) is 0 Å². The van der Waals surface area contributed by atoms with E-state index in [1.54, 1.807) is 6.07 Å². The first kappa shape index (κ1) is 15.1. The summed E-state index contributed by atoms with van der Waals surface area (Å²) in [6.07, 6.45) is 0. The van der Waals surface area contributed by atoms with Crippen molar-refractivity contribution in [3.05, 3.63) is 56.2 Å². The second-order valence-electron chi connectivity index (χ2n) is 3.92. The van der Waals surface area contributed by atoms with Crippen LogP contribution in [0.5, 0.6) is 0 Å². The van der Waals surface area contributed by atoms with Crippen LogP contribution in [0.2, 0.25) is 10.0 Å². The van der Waals surface area contributed by atoms with E-state index in [-0.39, 0.29) is 27.0 Å². The van der Waals surface area contributed by atoms with Crippen molar-refractivity contribution >= 4 is 56.4 Å². The van der Waals surface area contributed by atoms with Gasteiger partial charge in [-0.3, -0.25) is 4.79 Å². The van der Waals surface area contributed by atoms with Crippen LogP contribution < -0.4 is 11.1 Å². The van der Waals surface area contributed by atoms with E-state index in [2.05, 4.69) is 21.2 Å². The minimum absolute atomic E-state index is 0.0205. The molecule has 2 aromatic rings. The summed E-state index contributed by atoms with van der Waals surface area (Å²) in [6.45, 7) is 0. The van der Waals surface area contributed by atoms with Gasteiger partial charge in [-0.2, -0.15) is 0 Å². The summed E-state index contributed by atoms with van der Waals surface area (Å²) < 4.78 is 14.1. The van der Waals surface area contributed by atoms with Gasteiger partial charge in [-0.05, 0) is 40.2 Å². The molecular weight excluding hydrogens is 370 g/mol. The number of carbonyl (C=O) groups is 1. The van der Waals surface area contributed by atoms with Gasteiger partial charge in [0.1, 0.15) is 5.82 Å². The van der Waals surface area contributed by atoms with Gasteiger partial charge in [0.25, 0.3) is 5.91 Å². The second-order valence-corrected chi connectivity index (χ2v) is 5.55. The molecule has 0 saturated heterocycles. The molecule has 0 aliphatic heterocycles. The van der Waals surface area contributed by atoms with Gasteiger partial charge in [0.05, 0.1) is 21.3 Å². The molecule has 0 aromatic heterocycles. The van der Waals surface area contributed by atoms with E-state index >= 15 is 0 Å². The van der Waals surface area contributed by atoms with Crippen LogP contribution in [0.15, 0.2) is 34.8 Å². The molecule has 0 bridgehead atoms. The third-order valence-corrected chi connectivity index (χ3v) is 3.96. The Morgan fingerprint density at radius 3 is 2.65 bits per heavy atom. The lowest BCUT2D eigenvalue weighted by Crippen LogP contribution is -2.14. The van der Waals surface area contributed by atoms with Crippen molar-refractivity contribution in [1.82, 2.24) is 0 Å². The molecule has 0 atom stereocenters. The molecule has 0 radical (unpaired) electrons. The summed E-state index contributed by atoms with van der Waals surface area (Å²) >= 11 is 15.0. The largest absolute Gasteiger partial charge is 0.399 e. The summed E-state index contributed by atoms with van der Waals surface area (Å²) in [4.78, 5) is 12.1. The molecule has 104 valence electrons. The van der Waals surface area contributed by atoms with Gasteiger partial charge in [-0.25, -0.2) is 4.39 Å². The average Bonchev–Trinajstić information content (AvgIpc) is 2.38. The van der Waals surface area contributed by atoms with Gasteiger partial charge in [0.2, 0.25) is 0 Å². The van der Waals surface area contributed by atoms with E-state index in [1.165, 1.54) is 24.3 Å². The molecule has 20 heavy (non-hydrogen) atoms. The number of nitrogens with two attached hydrogens (primary N) is 1. The van der Waals surface area contributed by atoms with Crippen LogP contribution in [0.25, 0.3) is 0 Å². The average molecular weight is 378 g/mol. The number of hydrogen-bond donors (Lipinski definition) is 2. The van der Waals surface area contributed by atoms with Crippen LogP contribution in [-0.2, 0) is 0 Å². The molecule has 3 N–H and O–H groups in total. The summed E-state index contributed by atoms with van der Waals surface area (Å²) in [7, 11) is 0. The minimum Gasteiger partial charge on any atom is -0.399 e. The van der Waals surface area contributed by atoms with Gasteiger partial charge in [0, 0.05) is 10.2 Å². The van der Waals surface area contributed by atoms with E-state index in [9.17, 15) is 9.18 Å². The SMILES string of the molecule is Nc1cc(Cl)c(Cl)c(C(=O)Nc2c(F)cccc2Br)c1. The fraction of sp³-hybridized carbons (Fsp3) is 0. The summed E-state index contributed by atoms with van der Waals surface area (Å²) in [5.74, 6) is -1.17. The number of rotatable bonds is 2. The topological polar surface area (TPSA) is 55.1 Å². The minimum atomic E-state index is -0.602. The molecule has 1 amide bonds. The molecule has 7 heteroatoms. The highest BCUT2D eigenvalue weighted by Gasteiger charge is 2.17. The van der Waals surface area contributed by atoms with Crippen molar-refractivity contribution in [1.29, 1.82) is 0 Å². The highest BCUT2D eigenvalue weighted by molar-refractivity contribution is 9.10. The lowest BCUT2D eigenvalue weighted by molar-refractivity contribution is 0.102. The Bertz CT molecular complexity index is 674. The van der Waals surface area contributed by atoms with Crippen LogP contribution in [0.1, 0.15) is 10.4 Å². The molecule has 0 heterocycles. The maximum Gasteiger partial charge on any atom is 0.257 e. The number of nitrogens with one attached hydrogen (secondary N) is 1. The number of anilines is 2. The highest BCUT2D eigenvalue weighted by Crippen LogP contribution is 2.31. The number of para-hydroxylation sites is 1. The van der Waals surface area contributed by atoms with Crippen molar-refractivity contribution in [2.24, 2.45) is 0 Å². The fourth-order valence-corrected chi connectivity index (χ4v) is 2.44. The Morgan fingerprint density at radius 1 is 1.30 bits per heavy atom. The number of halogens is 4. The van der Waals surface area contributed by atoms with Crippen LogP contribution in [-0.4, -0.2) is 5.91 Å². The van der Waals surface area contributed by atoms with E-state index in [1.807, 2.05) is 0 Å². The second kappa shape index (κ2) is 5.99. The Hall–Kier alpha value is -1.30. The molecular formula is C13H8BrCl2FN2O. The zero-order valence-electron chi connectivity index (χ0n) is 9.88. The highest BCUT2D eigenvalue weighted by atomic mass is 79.9. The van der Waals surface area contributed by atoms with Crippen molar-refractivity contribution in [2.75, 3.05) is 11.1 Å². The van der Waals surface area contributed by atoms with Crippen LogP contribution >= 0.6 is 39.1 Å². The Balaban J connectivity index is 2.39. The fourth-order valence-electron chi connectivity index (χ4n) is 1.57. The van der Waals surface area contributed by atoms with Crippen molar-refractivity contribution < 1.29 is 9.18 Å². The molecule has 2 rings (SSSR count). The normalized spacial score (nSPS) is 10.4. The van der Waals surface area contributed by atoms with Gasteiger partial charge in [-0.15, -0.1) is 0 Å². The van der Waals surface area contributed by atoms with E-state index < -0.39 is 11.7 Å². The number of benzene rings is 2. The van der Waals surface area contributed by atoms with Crippen molar-refractivity contribution in [3.8, 4) is 0 Å². The van der Waals surface area contributed by atoms with E-state index in [0.717, 1.165) is 0 Å². The van der Waals surface area contributed by atoms with Gasteiger partial charge in [-0.1, -0.05) is 29.3 Å². The van der Waals surface area contributed by atoms with Gasteiger partial charge < -0.3 is 11.1 Å². The molecule has 0 spiro atoms. The molecule has 0 aliphatic rings. The standard InChI is InChI=1S/C13H8BrCl2FN2O/c14-8-2-1-3-10(17)12(8)19-13(20)7-4-6(18)5-9(15)11(7)16/h1-5H,18H2,(H,19,20). The first-order valence-corrected chi connectivity index (χ1v) is 6.95. The first-order valence-electron chi connectivity index (χ1n) is 5.40. The zero-order valence-corrected chi connectivity index (χ0v) is 13.0. The molecule has 0 aliphatic carbocycles. The van der Waals surface area contributed by atoms with Crippen LogP contribution in [0.4, 0.5) is 15.8 Å². The molecule has 0 saturated carbocycles. The van der Waals surface area contributed by atoms with Gasteiger partial charge >= 0.3 is 0 Å². The van der Waals surface area contributed by atoms with E-state index in [4.69, 9.17) is 28.9 Å². The van der Waals surface area contributed by atoms with Crippen LogP contribution in [0.3, 0.4) is 0 Å². The van der Waals surface area contributed by atoms with Crippen LogP contribution in [0, 0.1) is 5.82 Å². The maximum absolute atomic E-state index is 13.7. The van der Waals surface area contributed by atoms with E-state index in [0.29, 0.717) is 4.47 Å². The number of nitrogen functional groups attached to an aromatic ring is 1. The number of amides is 1. The molecule has 0 fully saturated rings. The maximum atomic E-state index is 13.7. The lowest BCUT2D eigenvalue weighted by atomic mass is 10.1. The lowest BCUT2D eigenvalue weighted by Gasteiger charge is -2.11. The van der Waals surface area contributed by atoms with Crippen molar-refractivity contribution in [3.63, 3.8) is 0 Å². The Labute approximate surface area is 133 Å². The smallest absolute Gasteiger partial charge is 0.257 e. The Kier molecular flexibility index (Phi) is 4.52. The third-order valence-electron chi connectivity index (χ3n) is 2.50. The monoisotopic (exact) mass is 376 g/mol. The molecule has 0 unspecified atom stereocenters. The Morgan fingerprint density at radius 2 is 2.00 bits per heavy atom. The molecule has 3 nitrogen and oxygen atoms in total. The third kappa shape index (κ3) is 3.06. The number of carbonyl (C=O) groups excluding carboxylic acids is 1. The van der Waals surface area contributed by atoms with Crippen molar-refractivity contribution in [2.45, 2.75) is 0 Å². The summed E-state index contributed by atoms with van der Waals surface area (Å²) in [6, 6.07) is 7.15. The molecule has 2 aromatic carbocycles. The number of hydrogen-bond acceptors (Lipinski definition) is 2. The quantitative estimate of drug-likeness (QED) is 0.743. The predicted molar refractivity (Wildman–Crippen MR) is 82.9 cm³/mol. The summed E-state index contributed by atoms with van der Waals surface area (Å²) in [5, 5.41) is 2.65. The summed E-state index contributed by atoms with van der Waals surface area (Å²) in [5.41, 5.74) is 6.00. The zero-order chi connectivity index (χ0) is 14.9. The first-order chi connectivity index (χ1) is 9.40.